The van der Waals surface area contributed by atoms with Crippen molar-refractivity contribution in [3.05, 3.63) is 35.4 Å². The fraction of sp³-hybridized carbons (Fsp3) is 0.600. The van der Waals surface area contributed by atoms with Crippen molar-refractivity contribution in [2.75, 3.05) is 29.5 Å². The first kappa shape index (κ1) is 19.5. The molecule has 1 aliphatic carbocycles. The maximum absolute atomic E-state index is 13.1. The summed E-state index contributed by atoms with van der Waals surface area (Å²) in [4.78, 5) is 11.9. The second-order valence-corrected chi connectivity index (χ2v) is 8.09. The molecule has 0 unspecified atom stereocenters. The highest BCUT2D eigenvalue weighted by atomic mass is 19.4. The third-order valence-corrected chi connectivity index (χ3v) is 6.02. The minimum Gasteiger partial charge on any atom is -0.376 e. The lowest BCUT2D eigenvalue weighted by molar-refractivity contribution is -0.141. The molecule has 2 aromatic rings. The maximum Gasteiger partial charge on any atom is 0.433 e. The van der Waals surface area contributed by atoms with E-state index in [9.17, 15) is 13.2 Å². The van der Waals surface area contributed by atoms with Gasteiger partial charge in [-0.3, -0.25) is 0 Å². The van der Waals surface area contributed by atoms with Crippen LogP contribution in [-0.2, 0) is 23.9 Å². The van der Waals surface area contributed by atoms with Crippen molar-refractivity contribution < 1.29 is 17.9 Å². The highest BCUT2D eigenvalue weighted by molar-refractivity contribution is 5.46. The van der Waals surface area contributed by atoms with E-state index in [0.717, 1.165) is 74.7 Å². The fourth-order valence-corrected chi connectivity index (χ4v) is 4.33. The Morgan fingerprint density at radius 1 is 1.00 bits per heavy atom. The highest BCUT2D eigenvalue weighted by Crippen LogP contribution is 2.37. The average Bonchev–Trinajstić information content (AvgIpc) is 3.59. The SMILES string of the molecule is FC(F)(F)c1cc(N(C2CC2)C2CCN(c3cc4c(nn3)CCOC4)CC2)ncn1. The number of fused-ring (bicyclic) bond motifs is 1. The molecule has 0 atom stereocenters. The Hall–Kier alpha value is -2.49. The summed E-state index contributed by atoms with van der Waals surface area (Å²) in [5, 5.41) is 8.75. The minimum atomic E-state index is -4.47. The Balaban J connectivity index is 1.30. The molecule has 1 saturated carbocycles. The van der Waals surface area contributed by atoms with Crippen molar-refractivity contribution in [3.8, 4) is 0 Å². The fourth-order valence-electron chi connectivity index (χ4n) is 4.33. The maximum atomic E-state index is 13.1. The molecule has 4 heterocycles. The number of ether oxygens (including phenoxy) is 1. The van der Waals surface area contributed by atoms with Crippen LogP contribution >= 0.6 is 0 Å². The van der Waals surface area contributed by atoms with Gasteiger partial charge in [-0.05, 0) is 31.7 Å². The molecule has 7 nitrogen and oxygen atoms in total. The number of aromatic nitrogens is 4. The molecule has 0 aromatic carbocycles. The summed E-state index contributed by atoms with van der Waals surface area (Å²) >= 11 is 0. The molecule has 0 amide bonds. The first-order chi connectivity index (χ1) is 14.5. The zero-order chi connectivity index (χ0) is 20.7. The molecule has 2 fully saturated rings. The number of anilines is 2. The van der Waals surface area contributed by atoms with Gasteiger partial charge in [0.25, 0.3) is 0 Å². The van der Waals surface area contributed by atoms with Gasteiger partial charge < -0.3 is 14.5 Å². The number of halogens is 3. The van der Waals surface area contributed by atoms with Crippen molar-refractivity contribution in [1.29, 1.82) is 0 Å². The van der Waals surface area contributed by atoms with Crippen LogP contribution in [0.25, 0.3) is 0 Å². The molecule has 0 radical (unpaired) electrons. The monoisotopic (exact) mass is 420 g/mol. The normalized spacial score (nSPS) is 20.2. The summed E-state index contributed by atoms with van der Waals surface area (Å²) in [6, 6.07) is 3.55. The lowest BCUT2D eigenvalue weighted by atomic mass is 10.0. The molecule has 0 spiro atoms. The first-order valence-electron chi connectivity index (χ1n) is 10.3. The molecule has 160 valence electrons. The van der Waals surface area contributed by atoms with E-state index in [0.29, 0.717) is 19.0 Å². The van der Waals surface area contributed by atoms with Gasteiger partial charge in [0.15, 0.2) is 5.82 Å². The van der Waals surface area contributed by atoms with Crippen LogP contribution in [-0.4, -0.2) is 51.9 Å². The van der Waals surface area contributed by atoms with Crippen molar-refractivity contribution in [2.24, 2.45) is 0 Å². The van der Waals surface area contributed by atoms with Crippen molar-refractivity contribution >= 4 is 11.6 Å². The Morgan fingerprint density at radius 2 is 1.77 bits per heavy atom. The molecular formula is C20H23F3N6O. The average molecular weight is 420 g/mol. The minimum absolute atomic E-state index is 0.152. The van der Waals surface area contributed by atoms with E-state index in [1.807, 2.05) is 0 Å². The Bertz CT molecular complexity index is 912. The van der Waals surface area contributed by atoms with Gasteiger partial charge in [-0.1, -0.05) is 0 Å². The predicted molar refractivity (Wildman–Crippen MR) is 103 cm³/mol. The van der Waals surface area contributed by atoms with Crippen LogP contribution in [0.2, 0.25) is 0 Å². The summed E-state index contributed by atoms with van der Waals surface area (Å²) in [6.07, 6.45) is 0.983. The Morgan fingerprint density at radius 3 is 2.50 bits per heavy atom. The van der Waals surface area contributed by atoms with Crippen LogP contribution < -0.4 is 9.80 Å². The van der Waals surface area contributed by atoms with Gasteiger partial charge in [0.1, 0.15) is 17.8 Å². The van der Waals surface area contributed by atoms with Gasteiger partial charge in [0, 0.05) is 43.2 Å². The van der Waals surface area contributed by atoms with E-state index < -0.39 is 11.9 Å². The zero-order valence-electron chi connectivity index (χ0n) is 16.5. The molecule has 2 aliphatic heterocycles. The lowest BCUT2D eigenvalue weighted by Gasteiger charge is -2.40. The second kappa shape index (κ2) is 7.64. The van der Waals surface area contributed by atoms with Crippen molar-refractivity contribution in [1.82, 2.24) is 20.2 Å². The first-order valence-corrected chi connectivity index (χ1v) is 10.3. The molecule has 3 aliphatic rings. The number of rotatable bonds is 4. The van der Waals surface area contributed by atoms with Crippen molar-refractivity contribution in [2.45, 2.75) is 57.0 Å². The van der Waals surface area contributed by atoms with E-state index in [-0.39, 0.29) is 12.1 Å². The topological polar surface area (TPSA) is 67.3 Å². The van der Waals surface area contributed by atoms with E-state index in [1.165, 1.54) is 0 Å². The summed E-state index contributed by atoms with van der Waals surface area (Å²) in [7, 11) is 0. The van der Waals surface area contributed by atoms with E-state index in [2.05, 4.69) is 36.0 Å². The van der Waals surface area contributed by atoms with Crippen molar-refractivity contribution in [3.63, 3.8) is 0 Å². The molecular weight excluding hydrogens is 397 g/mol. The summed E-state index contributed by atoms with van der Waals surface area (Å²) < 4.78 is 44.9. The number of piperidine rings is 1. The number of nitrogens with zero attached hydrogens (tertiary/aromatic N) is 6. The largest absolute Gasteiger partial charge is 0.433 e. The second-order valence-electron chi connectivity index (χ2n) is 8.09. The third kappa shape index (κ3) is 3.92. The quantitative estimate of drug-likeness (QED) is 0.753. The van der Waals surface area contributed by atoms with Gasteiger partial charge >= 0.3 is 6.18 Å². The van der Waals surface area contributed by atoms with E-state index >= 15 is 0 Å². The Labute approximate surface area is 172 Å². The van der Waals surface area contributed by atoms with Crippen LogP contribution in [0, 0.1) is 0 Å². The molecule has 0 bridgehead atoms. The molecule has 0 N–H and O–H groups in total. The van der Waals surface area contributed by atoms with Gasteiger partial charge in [-0.15, -0.1) is 5.10 Å². The zero-order valence-corrected chi connectivity index (χ0v) is 16.5. The van der Waals surface area contributed by atoms with Gasteiger partial charge in [0.05, 0.1) is 18.9 Å². The molecule has 10 heteroatoms. The number of alkyl halides is 3. The third-order valence-electron chi connectivity index (χ3n) is 6.02. The smallest absolute Gasteiger partial charge is 0.376 e. The molecule has 30 heavy (non-hydrogen) atoms. The summed E-state index contributed by atoms with van der Waals surface area (Å²) in [5.41, 5.74) is 1.21. The summed E-state index contributed by atoms with van der Waals surface area (Å²) in [5.74, 6) is 1.22. The van der Waals surface area contributed by atoms with E-state index in [4.69, 9.17) is 4.74 Å². The standard InChI is InChI=1S/C20H23F3N6O/c21-20(22,23)17-10-18(25-12-24-17)29(14-1-2-14)15-3-6-28(7-4-15)19-9-13-11-30-8-5-16(13)26-27-19/h9-10,12,14-15H,1-8,11H2. The molecule has 2 aromatic heterocycles. The van der Waals surface area contributed by atoms with Gasteiger partial charge in [-0.2, -0.15) is 18.3 Å². The van der Waals surface area contributed by atoms with Gasteiger partial charge in [0.2, 0.25) is 0 Å². The van der Waals surface area contributed by atoms with Gasteiger partial charge in [-0.25, -0.2) is 9.97 Å². The molecule has 5 rings (SSSR count). The van der Waals surface area contributed by atoms with Crippen LogP contribution in [0.5, 0.6) is 0 Å². The van der Waals surface area contributed by atoms with E-state index in [1.54, 1.807) is 0 Å². The van der Waals surface area contributed by atoms with Crippen LogP contribution in [0.1, 0.15) is 42.6 Å². The predicted octanol–water partition coefficient (Wildman–Crippen LogP) is 3.00. The number of hydrogen-bond donors (Lipinski definition) is 0. The van der Waals surface area contributed by atoms with Crippen LogP contribution in [0.4, 0.5) is 24.8 Å². The summed E-state index contributed by atoms with van der Waals surface area (Å²) in [6.45, 7) is 2.81. The lowest BCUT2D eigenvalue weighted by Crippen LogP contribution is -2.47. The number of hydrogen-bond acceptors (Lipinski definition) is 7. The van der Waals surface area contributed by atoms with Crippen LogP contribution in [0.15, 0.2) is 18.5 Å². The Kier molecular flexibility index (Phi) is 4.96. The molecule has 1 saturated heterocycles. The van der Waals surface area contributed by atoms with Crippen LogP contribution in [0.3, 0.4) is 0 Å². The highest BCUT2D eigenvalue weighted by Gasteiger charge is 2.39.